The van der Waals surface area contributed by atoms with Crippen molar-refractivity contribution in [2.75, 3.05) is 6.54 Å². The van der Waals surface area contributed by atoms with Crippen LogP contribution in [0.2, 0.25) is 0 Å². The number of rotatable bonds is 4. The molecule has 1 aromatic heterocycles. The molecule has 0 spiro atoms. The van der Waals surface area contributed by atoms with Crippen molar-refractivity contribution in [2.45, 2.75) is 59.1 Å². The van der Waals surface area contributed by atoms with Crippen LogP contribution in [0, 0.1) is 0 Å². The number of nitrogens with zero attached hydrogens (tertiary/aromatic N) is 2. The molecule has 1 amide bonds. The number of carbonyl (C=O) groups is 1. The van der Waals surface area contributed by atoms with Gasteiger partial charge in [0.2, 0.25) is 0 Å². The number of fused-ring (bicyclic) bond motifs is 3. The molecule has 26 heavy (non-hydrogen) atoms. The third-order valence-electron chi connectivity index (χ3n) is 4.28. The second kappa shape index (κ2) is 7.43. The van der Waals surface area contributed by atoms with Crippen molar-refractivity contribution < 1.29 is 9.53 Å². The smallest absolute Gasteiger partial charge is 0.410 e. The quantitative estimate of drug-likeness (QED) is 0.750. The van der Waals surface area contributed by atoms with Gasteiger partial charge in [-0.05, 0) is 57.7 Å². The number of hydrogen-bond donors (Lipinski definition) is 1. The number of ether oxygens (including phenoxy) is 1. The first kappa shape index (κ1) is 19.0. The maximum absolute atomic E-state index is 12.5. The van der Waals surface area contributed by atoms with Gasteiger partial charge in [-0.3, -0.25) is 0 Å². The van der Waals surface area contributed by atoms with Gasteiger partial charge in [-0.25, -0.2) is 9.78 Å². The molecule has 6 heteroatoms. The van der Waals surface area contributed by atoms with E-state index in [0.29, 0.717) is 13.1 Å². The maximum Gasteiger partial charge on any atom is 0.410 e. The van der Waals surface area contributed by atoms with Crippen molar-refractivity contribution in [1.29, 1.82) is 0 Å². The lowest BCUT2D eigenvalue weighted by molar-refractivity contribution is 0.0229. The molecule has 0 fully saturated rings. The highest BCUT2D eigenvalue weighted by molar-refractivity contribution is 9.10. The molecule has 5 nitrogen and oxygen atoms in total. The lowest BCUT2D eigenvalue weighted by atomic mass is 9.92. The van der Waals surface area contributed by atoms with Crippen LogP contribution in [0.4, 0.5) is 4.79 Å². The summed E-state index contributed by atoms with van der Waals surface area (Å²) in [6.07, 6.45) is 2.47. The van der Waals surface area contributed by atoms with Crippen molar-refractivity contribution >= 4 is 22.0 Å². The van der Waals surface area contributed by atoms with Gasteiger partial charge < -0.3 is 14.6 Å². The lowest BCUT2D eigenvalue weighted by Gasteiger charge is -2.26. The molecule has 0 radical (unpaired) electrons. The molecule has 0 aliphatic heterocycles. The Labute approximate surface area is 163 Å². The van der Waals surface area contributed by atoms with E-state index in [-0.39, 0.29) is 6.09 Å². The van der Waals surface area contributed by atoms with Gasteiger partial charge in [0, 0.05) is 16.6 Å². The molecule has 0 unspecified atom stereocenters. The van der Waals surface area contributed by atoms with E-state index in [1.807, 2.05) is 20.8 Å². The molecule has 1 N–H and O–H groups in total. The largest absolute Gasteiger partial charge is 0.444 e. The van der Waals surface area contributed by atoms with Gasteiger partial charge in [0.15, 0.2) is 0 Å². The van der Waals surface area contributed by atoms with Crippen LogP contribution in [0.5, 0.6) is 0 Å². The van der Waals surface area contributed by atoms with Gasteiger partial charge in [0.05, 0.1) is 17.9 Å². The fraction of sp³-hybridized carbons (Fsp3) is 0.500. The Hall–Kier alpha value is -1.82. The highest BCUT2D eigenvalue weighted by atomic mass is 79.9. The number of carbonyl (C=O) groups excluding carboxylic acids is 1. The van der Waals surface area contributed by atoms with Gasteiger partial charge in [0.25, 0.3) is 0 Å². The van der Waals surface area contributed by atoms with Crippen molar-refractivity contribution in [2.24, 2.45) is 0 Å². The molecule has 0 saturated heterocycles. The lowest BCUT2D eigenvalue weighted by Crippen LogP contribution is -2.37. The van der Waals surface area contributed by atoms with Crippen LogP contribution in [-0.2, 0) is 24.1 Å². The molecule has 1 aliphatic rings. The molecule has 2 aromatic rings. The van der Waals surface area contributed by atoms with Crippen LogP contribution in [-0.4, -0.2) is 33.1 Å². The molecule has 0 saturated carbocycles. The monoisotopic (exact) mass is 419 g/mol. The second-order valence-electron chi connectivity index (χ2n) is 7.71. The number of amides is 1. The molecule has 1 aliphatic carbocycles. The molecular formula is C20H26BrN3O2. The minimum Gasteiger partial charge on any atom is -0.444 e. The highest BCUT2D eigenvalue weighted by Gasteiger charge is 2.25. The average Bonchev–Trinajstić information content (AvgIpc) is 2.95. The summed E-state index contributed by atoms with van der Waals surface area (Å²) in [7, 11) is 0. The molecule has 3 rings (SSSR count). The van der Waals surface area contributed by atoms with Crippen molar-refractivity contribution in [1.82, 2.24) is 14.9 Å². The molecule has 140 valence electrons. The van der Waals surface area contributed by atoms with Crippen LogP contribution < -0.4 is 0 Å². The van der Waals surface area contributed by atoms with E-state index < -0.39 is 5.60 Å². The summed E-state index contributed by atoms with van der Waals surface area (Å²) in [5.74, 6) is 0.810. The minimum absolute atomic E-state index is 0.293. The number of imidazole rings is 1. The first-order chi connectivity index (χ1) is 12.3. The third-order valence-corrected chi connectivity index (χ3v) is 4.77. The minimum atomic E-state index is -0.502. The van der Waals surface area contributed by atoms with E-state index in [1.54, 1.807) is 4.90 Å². The average molecular weight is 420 g/mol. The van der Waals surface area contributed by atoms with Crippen LogP contribution in [0.1, 0.15) is 51.2 Å². The van der Waals surface area contributed by atoms with E-state index in [1.165, 1.54) is 11.1 Å². The summed E-state index contributed by atoms with van der Waals surface area (Å²) in [5, 5.41) is 0. The predicted molar refractivity (Wildman–Crippen MR) is 106 cm³/mol. The van der Waals surface area contributed by atoms with Gasteiger partial charge in [-0.2, -0.15) is 0 Å². The van der Waals surface area contributed by atoms with Crippen LogP contribution in [0.25, 0.3) is 11.3 Å². The Balaban J connectivity index is 1.82. The van der Waals surface area contributed by atoms with E-state index in [4.69, 9.17) is 9.72 Å². The Morgan fingerprint density at radius 2 is 2.12 bits per heavy atom. The summed E-state index contributed by atoms with van der Waals surface area (Å²) < 4.78 is 6.63. The van der Waals surface area contributed by atoms with E-state index in [9.17, 15) is 4.79 Å². The molecule has 0 bridgehead atoms. The Kier molecular flexibility index (Phi) is 5.42. The second-order valence-corrected chi connectivity index (χ2v) is 8.62. The molecule has 1 heterocycles. The number of nitrogens with one attached hydrogen (secondary N) is 1. The first-order valence-electron chi connectivity index (χ1n) is 9.11. The Bertz CT molecular complexity index is 808. The Morgan fingerprint density at radius 1 is 1.35 bits per heavy atom. The standard InChI is InChI=1S/C20H26BrN3O2/c1-5-10-24(19(25)26-20(2,3)4)12-17-22-16-9-6-13-11-14(21)7-8-15(13)18(16)23-17/h7-8,11H,5-6,9-10,12H2,1-4H3,(H,22,23). The number of aromatic nitrogens is 2. The van der Waals surface area contributed by atoms with Crippen molar-refractivity contribution in [3.63, 3.8) is 0 Å². The van der Waals surface area contributed by atoms with Gasteiger partial charge in [-0.15, -0.1) is 0 Å². The van der Waals surface area contributed by atoms with E-state index in [2.05, 4.69) is 46.0 Å². The predicted octanol–water partition coefficient (Wildman–Crippen LogP) is 5.08. The zero-order valence-electron chi connectivity index (χ0n) is 15.9. The summed E-state index contributed by atoms with van der Waals surface area (Å²) in [5.41, 5.74) is 4.18. The number of hydrogen-bond acceptors (Lipinski definition) is 3. The van der Waals surface area contributed by atoms with Crippen LogP contribution in [0.3, 0.4) is 0 Å². The topological polar surface area (TPSA) is 58.2 Å². The van der Waals surface area contributed by atoms with Gasteiger partial charge >= 0.3 is 6.09 Å². The van der Waals surface area contributed by atoms with Gasteiger partial charge in [0.1, 0.15) is 11.4 Å². The summed E-state index contributed by atoms with van der Waals surface area (Å²) in [6, 6.07) is 6.35. The first-order valence-corrected chi connectivity index (χ1v) is 9.90. The summed E-state index contributed by atoms with van der Waals surface area (Å²) in [4.78, 5) is 22.4. The van der Waals surface area contributed by atoms with Crippen molar-refractivity contribution in [3.8, 4) is 11.3 Å². The Morgan fingerprint density at radius 3 is 2.81 bits per heavy atom. The van der Waals surface area contributed by atoms with E-state index in [0.717, 1.165) is 40.9 Å². The zero-order chi connectivity index (χ0) is 18.9. The summed E-state index contributed by atoms with van der Waals surface area (Å²) in [6.45, 7) is 8.78. The van der Waals surface area contributed by atoms with Crippen LogP contribution in [0.15, 0.2) is 22.7 Å². The SMILES string of the molecule is CCCN(Cc1nc2c([nH]1)-c1ccc(Br)cc1CC2)C(=O)OC(C)(C)C. The number of H-pyrrole nitrogens is 1. The highest BCUT2D eigenvalue weighted by Crippen LogP contribution is 2.33. The summed E-state index contributed by atoms with van der Waals surface area (Å²) >= 11 is 3.54. The third kappa shape index (κ3) is 4.29. The molecular weight excluding hydrogens is 394 g/mol. The van der Waals surface area contributed by atoms with Crippen LogP contribution >= 0.6 is 15.9 Å². The number of benzene rings is 1. The zero-order valence-corrected chi connectivity index (χ0v) is 17.4. The maximum atomic E-state index is 12.5. The van der Waals surface area contributed by atoms with Crippen molar-refractivity contribution in [3.05, 3.63) is 39.8 Å². The fourth-order valence-corrected chi connectivity index (χ4v) is 3.63. The van der Waals surface area contributed by atoms with E-state index >= 15 is 0 Å². The fourth-order valence-electron chi connectivity index (χ4n) is 3.22. The molecule has 1 aromatic carbocycles. The molecule has 0 atom stereocenters. The normalized spacial score (nSPS) is 13.1. The number of halogens is 1. The van der Waals surface area contributed by atoms with Gasteiger partial charge in [-0.1, -0.05) is 28.9 Å². The number of aromatic amines is 1. The number of aryl methyl sites for hydroxylation is 2.